The fourth-order valence-electron chi connectivity index (χ4n) is 2.05. The highest BCUT2D eigenvalue weighted by Gasteiger charge is 2.19. The maximum absolute atomic E-state index is 12.3. The average molecular weight is 354 g/mol. The van der Waals surface area contributed by atoms with Crippen molar-refractivity contribution in [2.24, 2.45) is 0 Å². The van der Waals surface area contributed by atoms with Gasteiger partial charge in [0, 0.05) is 16.5 Å². The van der Waals surface area contributed by atoms with Crippen LogP contribution in [0.4, 0.5) is 5.82 Å². The fourth-order valence-corrected chi connectivity index (χ4v) is 2.95. The lowest BCUT2D eigenvalue weighted by Crippen LogP contribution is -2.36. The van der Waals surface area contributed by atoms with Gasteiger partial charge in [0.25, 0.3) is 5.56 Å². The molecule has 0 radical (unpaired) electrons. The molecule has 8 heteroatoms. The van der Waals surface area contributed by atoms with Gasteiger partial charge in [0.2, 0.25) is 0 Å². The van der Waals surface area contributed by atoms with E-state index < -0.39 is 17.0 Å². The van der Waals surface area contributed by atoms with E-state index in [4.69, 9.17) is 17.3 Å². The first-order valence-corrected chi connectivity index (χ1v) is 8.34. The van der Waals surface area contributed by atoms with E-state index in [-0.39, 0.29) is 17.1 Å². The minimum atomic E-state index is -0.749. The SMILES string of the molecule is CCCn1c(N)c(C(=O)CSc2ccc(Cl)cc2)c(=O)[nH]c1=O. The number of hydrogen-bond acceptors (Lipinski definition) is 5. The molecule has 0 amide bonds. The van der Waals surface area contributed by atoms with Crippen molar-refractivity contribution >= 4 is 35.0 Å². The number of aromatic nitrogens is 2. The quantitative estimate of drug-likeness (QED) is 0.612. The maximum atomic E-state index is 12.3. The minimum absolute atomic E-state index is 0.0409. The van der Waals surface area contributed by atoms with E-state index >= 15 is 0 Å². The van der Waals surface area contributed by atoms with Crippen LogP contribution in [0.2, 0.25) is 5.02 Å². The molecule has 0 spiro atoms. The Balaban J connectivity index is 2.25. The van der Waals surface area contributed by atoms with Crippen LogP contribution in [0, 0.1) is 0 Å². The second kappa shape index (κ2) is 7.52. The van der Waals surface area contributed by atoms with Crippen molar-refractivity contribution in [2.45, 2.75) is 24.8 Å². The molecule has 0 aliphatic heterocycles. The van der Waals surface area contributed by atoms with Gasteiger partial charge in [-0.25, -0.2) is 4.79 Å². The molecule has 0 unspecified atom stereocenters. The molecule has 0 atom stereocenters. The summed E-state index contributed by atoms with van der Waals surface area (Å²) >= 11 is 7.07. The van der Waals surface area contributed by atoms with Gasteiger partial charge in [-0.3, -0.25) is 19.1 Å². The molecule has 1 heterocycles. The second-order valence-electron chi connectivity index (χ2n) is 4.84. The van der Waals surface area contributed by atoms with Crippen molar-refractivity contribution in [3.8, 4) is 0 Å². The van der Waals surface area contributed by atoms with Crippen LogP contribution >= 0.6 is 23.4 Å². The van der Waals surface area contributed by atoms with Crippen LogP contribution in [0.1, 0.15) is 23.7 Å². The molecule has 0 aliphatic rings. The van der Waals surface area contributed by atoms with Crippen molar-refractivity contribution in [3.05, 3.63) is 55.7 Å². The summed E-state index contributed by atoms with van der Waals surface area (Å²) < 4.78 is 1.21. The number of nitrogens with zero attached hydrogens (tertiary/aromatic N) is 1. The molecule has 122 valence electrons. The summed E-state index contributed by atoms with van der Waals surface area (Å²) in [5, 5.41) is 0.605. The number of nitrogens with one attached hydrogen (secondary N) is 1. The van der Waals surface area contributed by atoms with E-state index in [1.807, 2.05) is 6.92 Å². The van der Waals surface area contributed by atoms with Crippen LogP contribution < -0.4 is 17.0 Å². The van der Waals surface area contributed by atoms with E-state index in [0.29, 0.717) is 18.0 Å². The molecule has 0 aliphatic carbocycles. The number of H-pyrrole nitrogens is 1. The molecule has 6 nitrogen and oxygen atoms in total. The third kappa shape index (κ3) is 4.05. The molecule has 1 aromatic heterocycles. The standard InChI is InChI=1S/C15H16ClN3O3S/c1-2-7-19-13(17)12(14(21)18-15(19)22)11(20)8-23-10-5-3-9(16)4-6-10/h3-6H,2,7-8,17H2,1H3,(H,18,21,22). The van der Waals surface area contributed by atoms with Crippen LogP contribution in [-0.2, 0) is 6.54 Å². The third-order valence-corrected chi connectivity index (χ3v) is 4.41. The Morgan fingerprint density at radius 3 is 2.57 bits per heavy atom. The Kier molecular flexibility index (Phi) is 5.68. The Labute approximate surface area is 141 Å². The molecule has 0 fully saturated rings. The van der Waals surface area contributed by atoms with Crippen LogP contribution in [0.5, 0.6) is 0 Å². The first-order valence-electron chi connectivity index (χ1n) is 6.98. The third-order valence-electron chi connectivity index (χ3n) is 3.15. The highest BCUT2D eigenvalue weighted by atomic mass is 35.5. The van der Waals surface area contributed by atoms with E-state index in [1.54, 1.807) is 24.3 Å². The van der Waals surface area contributed by atoms with E-state index in [0.717, 1.165) is 4.90 Å². The average Bonchev–Trinajstić information content (AvgIpc) is 2.50. The lowest BCUT2D eigenvalue weighted by Gasteiger charge is -2.11. The van der Waals surface area contributed by atoms with Crippen molar-refractivity contribution in [3.63, 3.8) is 0 Å². The Hall–Kier alpha value is -1.99. The summed E-state index contributed by atoms with van der Waals surface area (Å²) in [5.41, 5.74) is 4.34. The summed E-state index contributed by atoms with van der Waals surface area (Å²) in [6.07, 6.45) is 0.656. The molecular formula is C15H16ClN3O3S. The van der Waals surface area contributed by atoms with Crippen molar-refractivity contribution in [1.29, 1.82) is 0 Å². The topological polar surface area (TPSA) is 97.9 Å². The van der Waals surface area contributed by atoms with Crippen LogP contribution in [0.3, 0.4) is 0 Å². The molecule has 0 bridgehead atoms. The zero-order chi connectivity index (χ0) is 17.0. The van der Waals surface area contributed by atoms with Gasteiger partial charge in [-0.15, -0.1) is 11.8 Å². The number of halogens is 1. The molecule has 0 saturated heterocycles. The van der Waals surface area contributed by atoms with Gasteiger partial charge in [-0.05, 0) is 30.7 Å². The molecule has 23 heavy (non-hydrogen) atoms. The smallest absolute Gasteiger partial charge is 0.329 e. The number of ketones is 1. The predicted molar refractivity (Wildman–Crippen MR) is 92.5 cm³/mol. The highest BCUT2D eigenvalue weighted by molar-refractivity contribution is 8.00. The van der Waals surface area contributed by atoms with Gasteiger partial charge in [0.05, 0.1) is 5.75 Å². The van der Waals surface area contributed by atoms with Crippen LogP contribution in [0.25, 0.3) is 0 Å². The first-order chi connectivity index (χ1) is 10.9. The van der Waals surface area contributed by atoms with Gasteiger partial charge in [0.1, 0.15) is 11.4 Å². The molecule has 2 rings (SSSR count). The minimum Gasteiger partial charge on any atom is -0.384 e. The molecule has 2 aromatic rings. The van der Waals surface area contributed by atoms with Gasteiger partial charge < -0.3 is 5.73 Å². The van der Waals surface area contributed by atoms with E-state index in [1.165, 1.54) is 16.3 Å². The summed E-state index contributed by atoms with van der Waals surface area (Å²) in [6, 6.07) is 7.01. The van der Waals surface area contributed by atoms with Gasteiger partial charge in [-0.2, -0.15) is 0 Å². The number of anilines is 1. The largest absolute Gasteiger partial charge is 0.384 e. The first kappa shape index (κ1) is 17.4. The molecule has 3 N–H and O–H groups in total. The summed E-state index contributed by atoms with van der Waals surface area (Å²) in [6.45, 7) is 2.21. The summed E-state index contributed by atoms with van der Waals surface area (Å²) in [5.74, 6) is -0.463. The van der Waals surface area contributed by atoms with Gasteiger partial charge in [0.15, 0.2) is 5.78 Å². The number of aromatic amines is 1. The van der Waals surface area contributed by atoms with Crippen molar-refractivity contribution in [1.82, 2.24) is 9.55 Å². The number of nitrogen functional groups attached to an aromatic ring is 1. The number of carbonyl (C=O) groups excluding carboxylic acids is 1. The number of carbonyl (C=O) groups is 1. The second-order valence-corrected chi connectivity index (χ2v) is 6.32. The zero-order valence-corrected chi connectivity index (χ0v) is 14.0. The molecular weight excluding hydrogens is 338 g/mol. The molecule has 1 aromatic carbocycles. The Morgan fingerprint density at radius 2 is 1.96 bits per heavy atom. The van der Waals surface area contributed by atoms with Gasteiger partial charge in [-0.1, -0.05) is 18.5 Å². The van der Waals surface area contributed by atoms with Gasteiger partial charge >= 0.3 is 5.69 Å². The van der Waals surface area contributed by atoms with Crippen molar-refractivity contribution < 1.29 is 4.79 Å². The van der Waals surface area contributed by atoms with E-state index in [2.05, 4.69) is 4.98 Å². The monoisotopic (exact) mass is 353 g/mol. The predicted octanol–water partition coefficient (Wildman–Crippen LogP) is 2.16. The Bertz CT molecular complexity index is 827. The lowest BCUT2D eigenvalue weighted by atomic mass is 10.2. The van der Waals surface area contributed by atoms with E-state index in [9.17, 15) is 14.4 Å². The number of rotatable bonds is 6. The lowest BCUT2D eigenvalue weighted by molar-refractivity contribution is 0.102. The highest BCUT2D eigenvalue weighted by Crippen LogP contribution is 2.21. The summed E-state index contributed by atoms with van der Waals surface area (Å²) in [7, 11) is 0. The number of nitrogens with two attached hydrogens (primary N) is 1. The fraction of sp³-hybridized carbons (Fsp3) is 0.267. The van der Waals surface area contributed by atoms with Crippen LogP contribution in [-0.4, -0.2) is 21.1 Å². The number of benzene rings is 1. The number of Topliss-reactive ketones (excluding diaryl/α,β-unsaturated/α-hetero) is 1. The summed E-state index contributed by atoms with van der Waals surface area (Å²) in [4.78, 5) is 39.0. The zero-order valence-electron chi connectivity index (χ0n) is 12.5. The van der Waals surface area contributed by atoms with Crippen molar-refractivity contribution in [2.75, 3.05) is 11.5 Å². The normalized spacial score (nSPS) is 10.7. The number of thioether (sulfide) groups is 1. The Morgan fingerprint density at radius 1 is 1.30 bits per heavy atom. The maximum Gasteiger partial charge on any atom is 0.329 e. The molecule has 0 saturated carbocycles. The number of hydrogen-bond donors (Lipinski definition) is 2. The van der Waals surface area contributed by atoms with Crippen LogP contribution in [0.15, 0.2) is 38.8 Å².